The summed E-state index contributed by atoms with van der Waals surface area (Å²) in [4.78, 5) is 0. The highest BCUT2D eigenvalue weighted by Gasteiger charge is 2.13. The lowest BCUT2D eigenvalue weighted by Crippen LogP contribution is -2.12. The fourth-order valence-electron chi connectivity index (χ4n) is 1.63. The fourth-order valence-corrected chi connectivity index (χ4v) is 2.07. The van der Waals surface area contributed by atoms with Crippen molar-refractivity contribution in [3.05, 3.63) is 69.5 Å². The molecule has 2 aromatic rings. The Morgan fingerprint density at radius 3 is 2.53 bits per heavy atom. The second kappa shape index (κ2) is 5.05. The van der Waals surface area contributed by atoms with Gasteiger partial charge in [0.1, 0.15) is 5.82 Å². The summed E-state index contributed by atoms with van der Waals surface area (Å²) in [6.45, 7) is 0. The van der Waals surface area contributed by atoms with Gasteiger partial charge >= 0.3 is 0 Å². The van der Waals surface area contributed by atoms with E-state index in [4.69, 9.17) is 28.9 Å². The van der Waals surface area contributed by atoms with Crippen molar-refractivity contribution in [3.8, 4) is 0 Å². The molecule has 0 radical (unpaired) electrons. The monoisotopic (exact) mass is 269 g/mol. The first-order valence-corrected chi connectivity index (χ1v) is 5.79. The summed E-state index contributed by atoms with van der Waals surface area (Å²) in [6, 6.07) is 10.8. The highest BCUT2D eigenvalue weighted by Crippen LogP contribution is 2.28. The van der Waals surface area contributed by atoms with E-state index in [-0.39, 0.29) is 5.82 Å². The zero-order valence-corrected chi connectivity index (χ0v) is 10.3. The zero-order chi connectivity index (χ0) is 12.4. The number of hydrogen-bond donors (Lipinski definition) is 1. The molecule has 0 aliphatic carbocycles. The predicted octanol–water partition coefficient (Wildman–Crippen LogP) is 4.18. The van der Waals surface area contributed by atoms with E-state index in [9.17, 15) is 4.39 Å². The molecule has 0 heterocycles. The topological polar surface area (TPSA) is 26.0 Å². The SMILES string of the molecule is NC(c1cccc(Cl)c1)c1cc(F)ccc1Cl. The van der Waals surface area contributed by atoms with Gasteiger partial charge in [-0.1, -0.05) is 35.3 Å². The van der Waals surface area contributed by atoms with E-state index in [0.29, 0.717) is 15.6 Å². The average molecular weight is 270 g/mol. The minimum atomic E-state index is -0.489. The average Bonchev–Trinajstić information content (AvgIpc) is 2.31. The van der Waals surface area contributed by atoms with Gasteiger partial charge in [-0.2, -0.15) is 0 Å². The Bertz CT molecular complexity index is 543. The van der Waals surface area contributed by atoms with Gasteiger partial charge in [-0.05, 0) is 41.5 Å². The molecule has 2 rings (SSSR count). The molecular weight excluding hydrogens is 260 g/mol. The van der Waals surface area contributed by atoms with Crippen molar-refractivity contribution in [1.82, 2.24) is 0 Å². The first-order chi connectivity index (χ1) is 8.08. The maximum atomic E-state index is 13.2. The lowest BCUT2D eigenvalue weighted by molar-refractivity contribution is 0.623. The largest absolute Gasteiger partial charge is 0.320 e. The van der Waals surface area contributed by atoms with Gasteiger partial charge in [0.15, 0.2) is 0 Å². The molecule has 0 saturated heterocycles. The van der Waals surface area contributed by atoms with Crippen LogP contribution in [0.1, 0.15) is 17.2 Å². The molecule has 1 unspecified atom stereocenters. The van der Waals surface area contributed by atoms with Crippen molar-refractivity contribution in [1.29, 1.82) is 0 Å². The summed E-state index contributed by atoms with van der Waals surface area (Å²) in [7, 11) is 0. The Morgan fingerprint density at radius 1 is 1.06 bits per heavy atom. The van der Waals surface area contributed by atoms with Crippen LogP contribution in [0.5, 0.6) is 0 Å². The Labute approximate surface area is 109 Å². The van der Waals surface area contributed by atoms with Crippen LogP contribution in [0.25, 0.3) is 0 Å². The first kappa shape index (κ1) is 12.4. The normalized spacial score (nSPS) is 12.5. The van der Waals surface area contributed by atoms with Gasteiger partial charge in [0.2, 0.25) is 0 Å². The first-order valence-electron chi connectivity index (χ1n) is 5.04. The molecular formula is C13H10Cl2FN. The van der Waals surface area contributed by atoms with Crippen molar-refractivity contribution in [3.63, 3.8) is 0 Å². The van der Waals surface area contributed by atoms with Crippen LogP contribution in [-0.2, 0) is 0 Å². The maximum absolute atomic E-state index is 13.2. The van der Waals surface area contributed by atoms with Crippen LogP contribution >= 0.6 is 23.2 Å². The van der Waals surface area contributed by atoms with E-state index in [1.54, 1.807) is 18.2 Å². The van der Waals surface area contributed by atoms with Gasteiger partial charge < -0.3 is 5.73 Å². The molecule has 0 aromatic heterocycles. The predicted molar refractivity (Wildman–Crippen MR) is 68.9 cm³/mol. The summed E-state index contributed by atoms with van der Waals surface area (Å²) in [6.07, 6.45) is 0. The smallest absolute Gasteiger partial charge is 0.123 e. The van der Waals surface area contributed by atoms with E-state index < -0.39 is 6.04 Å². The molecule has 88 valence electrons. The Hall–Kier alpha value is -1.09. The van der Waals surface area contributed by atoms with Crippen LogP contribution in [0.15, 0.2) is 42.5 Å². The molecule has 1 nitrogen and oxygen atoms in total. The molecule has 4 heteroatoms. The van der Waals surface area contributed by atoms with Gasteiger partial charge in [-0.3, -0.25) is 0 Å². The van der Waals surface area contributed by atoms with Crippen LogP contribution in [0, 0.1) is 5.82 Å². The number of hydrogen-bond acceptors (Lipinski definition) is 1. The highest BCUT2D eigenvalue weighted by molar-refractivity contribution is 6.31. The Kier molecular flexibility index (Phi) is 3.67. The Morgan fingerprint density at radius 2 is 1.82 bits per heavy atom. The molecule has 1 atom stereocenters. The van der Waals surface area contributed by atoms with Gasteiger partial charge in [-0.15, -0.1) is 0 Å². The van der Waals surface area contributed by atoms with Crippen LogP contribution < -0.4 is 5.73 Å². The summed E-state index contributed by atoms with van der Waals surface area (Å²) in [5, 5.41) is 1.03. The lowest BCUT2D eigenvalue weighted by atomic mass is 9.99. The summed E-state index contributed by atoms with van der Waals surface area (Å²) in [5.74, 6) is -0.359. The summed E-state index contributed by atoms with van der Waals surface area (Å²) < 4.78 is 13.2. The highest BCUT2D eigenvalue weighted by atomic mass is 35.5. The van der Waals surface area contributed by atoms with E-state index in [0.717, 1.165) is 5.56 Å². The second-order valence-corrected chi connectivity index (χ2v) is 4.54. The second-order valence-electron chi connectivity index (χ2n) is 3.70. The van der Waals surface area contributed by atoms with E-state index in [1.165, 1.54) is 18.2 Å². The zero-order valence-electron chi connectivity index (χ0n) is 8.83. The molecule has 0 spiro atoms. The third-order valence-corrected chi connectivity index (χ3v) is 3.08. The van der Waals surface area contributed by atoms with Crippen molar-refractivity contribution in [2.24, 2.45) is 5.73 Å². The molecule has 2 N–H and O–H groups in total. The summed E-state index contributed by atoms with van der Waals surface area (Å²) in [5.41, 5.74) is 7.39. The minimum absolute atomic E-state index is 0.359. The van der Waals surface area contributed by atoms with Gasteiger partial charge in [-0.25, -0.2) is 4.39 Å². The standard InChI is InChI=1S/C13H10Cl2FN/c14-9-3-1-2-8(6-9)13(17)11-7-10(16)4-5-12(11)15/h1-7,13H,17H2. The number of nitrogens with two attached hydrogens (primary N) is 1. The van der Waals surface area contributed by atoms with E-state index >= 15 is 0 Å². The minimum Gasteiger partial charge on any atom is -0.320 e. The number of halogens is 3. The number of rotatable bonds is 2. The fraction of sp³-hybridized carbons (Fsp3) is 0.0769. The molecule has 0 saturated carbocycles. The van der Waals surface area contributed by atoms with Crippen molar-refractivity contribution in [2.45, 2.75) is 6.04 Å². The third kappa shape index (κ3) is 2.78. The van der Waals surface area contributed by atoms with Crippen LogP contribution in [0.3, 0.4) is 0 Å². The lowest BCUT2D eigenvalue weighted by Gasteiger charge is -2.14. The molecule has 0 bridgehead atoms. The van der Waals surface area contributed by atoms with Gasteiger partial charge in [0.05, 0.1) is 6.04 Å². The van der Waals surface area contributed by atoms with Gasteiger partial charge in [0.25, 0.3) is 0 Å². The van der Waals surface area contributed by atoms with Crippen LogP contribution in [0.2, 0.25) is 10.0 Å². The van der Waals surface area contributed by atoms with Crippen LogP contribution in [-0.4, -0.2) is 0 Å². The Balaban J connectivity index is 2.43. The molecule has 0 fully saturated rings. The number of benzene rings is 2. The van der Waals surface area contributed by atoms with Crippen molar-refractivity contribution < 1.29 is 4.39 Å². The van der Waals surface area contributed by atoms with Crippen LogP contribution in [0.4, 0.5) is 4.39 Å². The molecule has 0 aliphatic heterocycles. The molecule has 2 aromatic carbocycles. The van der Waals surface area contributed by atoms with E-state index in [2.05, 4.69) is 0 Å². The quantitative estimate of drug-likeness (QED) is 0.870. The maximum Gasteiger partial charge on any atom is 0.123 e. The van der Waals surface area contributed by atoms with Gasteiger partial charge in [0, 0.05) is 10.0 Å². The molecule has 0 amide bonds. The third-order valence-electron chi connectivity index (χ3n) is 2.50. The molecule has 0 aliphatic rings. The molecule has 17 heavy (non-hydrogen) atoms. The van der Waals surface area contributed by atoms with Crippen molar-refractivity contribution >= 4 is 23.2 Å². The van der Waals surface area contributed by atoms with E-state index in [1.807, 2.05) is 6.07 Å². The summed E-state index contributed by atoms with van der Waals surface area (Å²) >= 11 is 11.9. The van der Waals surface area contributed by atoms with Crippen molar-refractivity contribution in [2.75, 3.05) is 0 Å².